The highest BCUT2D eigenvalue weighted by Crippen LogP contribution is 2.20. The van der Waals surface area contributed by atoms with Crippen LogP contribution >= 0.6 is 11.8 Å². The van der Waals surface area contributed by atoms with Crippen LogP contribution in [0.1, 0.15) is 11.1 Å². The van der Waals surface area contributed by atoms with Crippen molar-refractivity contribution < 1.29 is 9.53 Å². The van der Waals surface area contributed by atoms with Gasteiger partial charge in [-0.2, -0.15) is 11.8 Å². The standard InChI is InChI=1S/C20H25N3O2S/c1-25-19-5-3-2-4-17(19)15-22-20(24)21-14-16-6-8-18(9-7-16)23-10-12-26-13-11-23/h2-9H,10-15H2,1H3,(H2,21,22,24). The molecule has 0 aromatic heterocycles. The summed E-state index contributed by atoms with van der Waals surface area (Å²) in [7, 11) is 1.63. The molecule has 0 aliphatic carbocycles. The summed E-state index contributed by atoms with van der Waals surface area (Å²) in [6, 6.07) is 15.9. The Kier molecular flexibility index (Phi) is 6.66. The van der Waals surface area contributed by atoms with Gasteiger partial charge in [0.15, 0.2) is 0 Å². The van der Waals surface area contributed by atoms with Gasteiger partial charge in [0.1, 0.15) is 5.75 Å². The number of hydrogen-bond donors (Lipinski definition) is 2. The number of rotatable bonds is 6. The van der Waals surface area contributed by atoms with Gasteiger partial charge in [-0.25, -0.2) is 4.79 Å². The van der Waals surface area contributed by atoms with Gasteiger partial charge in [0, 0.05) is 48.9 Å². The van der Waals surface area contributed by atoms with Crippen LogP contribution in [0, 0.1) is 0 Å². The summed E-state index contributed by atoms with van der Waals surface area (Å²) >= 11 is 2.01. The number of urea groups is 1. The third-order valence-corrected chi connectivity index (χ3v) is 5.34. The molecule has 1 fully saturated rings. The maximum Gasteiger partial charge on any atom is 0.315 e. The molecule has 0 bridgehead atoms. The lowest BCUT2D eigenvalue weighted by Crippen LogP contribution is -2.34. The topological polar surface area (TPSA) is 53.6 Å². The van der Waals surface area contributed by atoms with Gasteiger partial charge in [0.25, 0.3) is 0 Å². The van der Waals surface area contributed by atoms with E-state index in [-0.39, 0.29) is 6.03 Å². The summed E-state index contributed by atoms with van der Waals surface area (Å²) in [6.45, 7) is 3.15. The van der Waals surface area contributed by atoms with Crippen LogP contribution in [0.5, 0.6) is 5.75 Å². The van der Waals surface area contributed by atoms with Crippen LogP contribution in [-0.2, 0) is 13.1 Å². The van der Waals surface area contributed by atoms with Crippen molar-refractivity contribution in [2.75, 3.05) is 36.6 Å². The molecule has 2 aromatic carbocycles. The van der Waals surface area contributed by atoms with Crippen molar-refractivity contribution in [3.05, 3.63) is 59.7 Å². The quantitative estimate of drug-likeness (QED) is 0.818. The number of methoxy groups -OCH3 is 1. The van der Waals surface area contributed by atoms with E-state index in [1.165, 1.54) is 17.2 Å². The van der Waals surface area contributed by atoms with Gasteiger partial charge >= 0.3 is 6.03 Å². The molecule has 0 saturated carbocycles. The van der Waals surface area contributed by atoms with E-state index < -0.39 is 0 Å². The number of anilines is 1. The average molecular weight is 372 g/mol. The molecule has 1 aliphatic heterocycles. The Balaban J connectivity index is 1.45. The average Bonchev–Trinajstić information content (AvgIpc) is 2.72. The number of nitrogens with one attached hydrogen (secondary N) is 2. The van der Waals surface area contributed by atoms with E-state index in [9.17, 15) is 4.79 Å². The van der Waals surface area contributed by atoms with Crippen LogP contribution in [0.2, 0.25) is 0 Å². The fourth-order valence-electron chi connectivity index (χ4n) is 2.92. The first-order chi connectivity index (χ1) is 12.8. The van der Waals surface area contributed by atoms with Crippen LogP contribution in [0.25, 0.3) is 0 Å². The molecule has 1 saturated heterocycles. The van der Waals surface area contributed by atoms with E-state index in [0.29, 0.717) is 13.1 Å². The molecule has 1 heterocycles. The molecule has 26 heavy (non-hydrogen) atoms. The zero-order valence-corrected chi connectivity index (χ0v) is 15.8. The molecule has 2 amide bonds. The SMILES string of the molecule is COc1ccccc1CNC(=O)NCc1ccc(N2CCSCC2)cc1. The third-order valence-electron chi connectivity index (χ3n) is 4.40. The molecule has 6 heteroatoms. The lowest BCUT2D eigenvalue weighted by molar-refractivity contribution is 0.240. The highest BCUT2D eigenvalue weighted by atomic mass is 32.2. The van der Waals surface area contributed by atoms with Gasteiger partial charge < -0.3 is 20.3 Å². The predicted octanol–water partition coefficient (Wildman–Crippen LogP) is 3.25. The first kappa shape index (κ1) is 18.5. The molecule has 138 valence electrons. The van der Waals surface area contributed by atoms with Gasteiger partial charge in [-0.05, 0) is 23.8 Å². The number of ether oxygens (including phenoxy) is 1. The van der Waals surface area contributed by atoms with E-state index >= 15 is 0 Å². The van der Waals surface area contributed by atoms with Crippen molar-refractivity contribution in [1.29, 1.82) is 0 Å². The van der Waals surface area contributed by atoms with E-state index in [1.807, 2.05) is 36.0 Å². The largest absolute Gasteiger partial charge is 0.496 e. The molecule has 0 unspecified atom stereocenters. The number of benzene rings is 2. The third kappa shape index (κ3) is 5.08. The fraction of sp³-hybridized carbons (Fsp3) is 0.350. The van der Waals surface area contributed by atoms with Crippen molar-refractivity contribution in [3.8, 4) is 5.75 Å². The summed E-state index contributed by atoms with van der Waals surface area (Å²) in [6.07, 6.45) is 0. The van der Waals surface area contributed by atoms with E-state index in [1.54, 1.807) is 7.11 Å². The Morgan fingerprint density at radius 1 is 1.04 bits per heavy atom. The van der Waals surface area contributed by atoms with E-state index in [2.05, 4.69) is 39.8 Å². The Morgan fingerprint density at radius 2 is 1.73 bits per heavy atom. The minimum absolute atomic E-state index is 0.187. The molecule has 3 rings (SSSR count). The molecule has 1 aliphatic rings. The van der Waals surface area contributed by atoms with Gasteiger partial charge in [-0.3, -0.25) is 0 Å². The summed E-state index contributed by atoms with van der Waals surface area (Å²) in [5.74, 6) is 3.16. The summed E-state index contributed by atoms with van der Waals surface area (Å²) in [5, 5.41) is 5.76. The second-order valence-corrected chi connectivity index (χ2v) is 7.34. The molecule has 2 aromatic rings. The second-order valence-electron chi connectivity index (χ2n) is 6.11. The van der Waals surface area contributed by atoms with Crippen LogP contribution in [0.3, 0.4) is 0 Å². The van der Waals surface area contributed by atoms with Crippen LogP contribution in [-0.4, -0.2) is 37.7 Å². The van der Waals surface area contributed by atoms with Gasteiger partial charge in [0.2, 0.25) is 0 Å². The maximum absolute atomic E-state index is 12.0. The fourth-order valence-corrected chi connectivity index (χ4v) is 3.82. The Bertz CT molecular complexity index is 715. The Hall–Kier alpha value is -2.34. The van der Waals surface area contributed by atoms with E-state index in [4.69, 9.17) is 4.74 Å². The number of nitrogens with zero attached hydrogens (tertiary/aromatic N) is 1. The number of para-hydroxylation sites is 1. The van der Waals surface area contributed by atoms with Crippen molar-refractivity contribution in [2.24, 2.45) is 0 Å². The van der Waals surface area contributed by atoms with E-state index in [0.717, 1.165) is 30.0 Å². The first-order valence-electron chi connectivity index (χ1n) is 8.81. The summed E-state index contributed by atoms with van der Waals surface area (Å²) in [5.41, 5.74) is 3.30. The monoisotopic (exact) mass is 371 g/mol. The molecular weight excluding hydrogens is 346 g/mol. The highest BCUT2D eigenvalue weighted by molar-refractivity contribution is 7.99. The van der Waals surface area contributed by atoms with Crippen LogP contribution in [0.15, 0.2) is 48.5 Å². The zero-order valence-electron chi connectivity index (χ0n) is 15.0. The molecule has 0 radical (unpaired) electrons. The number of hydrogen-bond acceptors (Lipinski definition) is 4. The van der Waals surface area contributed by atoms with Crippen molar-refractivity contribution in [2.45, 2.75) is 13.1 Å². The van der Waals surface area contributed by atoms with Crippen molar-refractivity contribution in [3.63, 3.8) is 0 Å². The second kappa shape index (κ2) is 9.38. The molecular formula is C20H25N3O2S. The van der Waals surface area contributed by atoms with Gasteiger partial charge in [-0.15, -0.1) is 0 Å². The van der Waals surface area contributed by atoms with Gasteiger partial charge in [0.05, 0.1) is 7.11 Å². The van der Waals surface area contributed by atoms with Crippen molar-refractivity contribution >= 4 is 23.5 Å². The first-order valence-corrected chi connectivity index (χ1v) is 9.97. The summed E-state index contributed by atoms with van der Waals surface area (Å²) in [4.78, 5) is 14.4. The molecule has 0 spiro atoms. The smallest absolute Gasteiger partial charge is 0.315 e. The Labute approximate surface area is 159 Å². The molecule has 2 N–H and O–H groups in total. The molecule has 0 atom stereocenters. The number of amides is 2. The number of carbonyl (C=O) groups excluding carboxylic acids is 1. The minimum Gasteiger partial charge on any atom is -0.496 e. The maximum atomic E-state index is 12.0. The minimum atomic E-state index is -0.187. The Morgan fingerprint density at radius 3 is 2.46 bits per heavy atom. The zero-order chi connectivity index (χ0) is 18.2. The molecule has 5 nitrogen and oxygen atoms in total. The predicted molar refractivity (Wildman–Crippen MR) is 108 cm³/mol. The lowest BCUT2D eigenvalue weighted by Gasteiger charge is -2.28. The number of carbonyl (C=O) groups is 1. The normalized spacial score (nSPS) is 14.0. The van der Waals surface area contributed by atoms with Gasteiger partial charge in [-0.1, -0.05) is 30.3 Å². The van der Waals surface area contributed by atoms with Crippen LogP contribution < -0.4 is 20.3 Å². The highest BCUT2D eigenvalue weighted by Gasteiger charge is 2.11. The summed E-state index contributed by atoms with van der Waals surface area (Å²) < 4.78 is 5.29. The van der Waals surface area contributed by atoms with Crippen molar-refractivity contribution in [1.82, 2.24) is 10.6 Å². The number of thioether (sulfide) groups is 1. The lowest BCUT2D eigenvalue weighted by atomic mass is 10.2. The van der Waals surface area contributed by atoms with Crippen LogP contribution in [0.4, 0.5) is 10.5 Å².